The first-order valence-corrected chi connectivity index (χ1v) is 8.01. The lowest BCUT2D eigenvalue weighted by molar-refractivity contribution is 0.548. The van der Waals surface area contributed by atoms with Crippen molar-refractivity contribution in [2.75, 3.05) is 24.8 Å². The van der Waals surface area contributed by atoms with Gasteiger partial charge in [-0.25, -0.2) is 18.6 Å². The maximum absolute atomic E-state index is 14.2. The molecule has 0 bridgehead atoms. The highest BCUT2D eigenvalue weighted by Crippen LogP contribution is 2.37. The van der Waals surface area contributed by atoms with Crippen molar-refractivity contribution in [3.8, 4) is 11.1 Å². The second-order valence-corrected chi connectivity index (χ2v) is 6.28. The monoisotopic (exact) mass is 386 g/mol. The average molecular weight is 387 g/mol. The maximum atomic E-state index is 14.2. The number of anilines is 2. The van der Waals surface area contributed by atoms with Crippen LogP contribution in [-0.2, 0) is 0 Å². The van der Waals surface area contributed by atoms with Crippen LogP contribution in [0.3, 0.4) is 0 Å². The molecule has 0 unspecified atom stereocenters. The fourth-order valence-electron chi connectivity index (χ4n) is 2.07. The lowest BCUT2D eigenvalue weighted by Gasteiger charge is -2.17. The number of benzene rings is 1. The fourth-order valence-corrected chi connectivity index (χ4v) is 2.33. The Bertz CT molecular complexity index is 803. The third-order valence-electron chi connectivity index (χ3n) is 3.00. The van der Waals surface area contributed by atoms with E-state index in [1.165, 1.54) is 6.34 Å². The normalized spacial score (nSPS) is 11.3. The predicted molar refractivity (Wildman–Crippen MR) is 96.9 cm³/mol. The third-order valence-corrected chi connectivity index (χ3v) is 3.27. The Morgan fingerprint density at radius 1 is 1.12 bits per heavy atom. The van der Waals surface area contributed by atoms with Crippen LogP contribution in [-0.4, -0.2) is 41.3 Å². The number of hydrazone groups is 1. The molecule has 140 valence electrons. The predicted octanol–water partition coefficient (Wildman–Crippen LogP) is 3.95. The molecule has 0 atom stereocenters. The average Bonchev–Trinajstić information content (AvgIpc) is 2.47. The molecule has 0 radical (unpaired) electrons. The van der Waals surface area contributed by atoms with E-state index in [-0.39, 0.29) is 28.5 Å². The minimum absolute atomic E-state index is 0.0305. The number of rotatable bonds is 6. The first kappa shape index (κ1) is 19.8. The van der Waals surface area contributed by atoms with Crippen molar-refractivity contribution in [3.63, 3.8) is 0 Å². The summed E-state index contributed by atoms with van der Waals surface area (Å²) in [5.41, 5.74) is 1.97. The standard InChI is InChI=1S/C16H18ClF3N6/c1-8(2)22-15-13(12-10(19)5-9(18)6-11(12)20)14(17)23-16(24-15)25-21-7-26(3)4/h5-8H,1-4H3,(H2,22,23,24,25). The zero-order chi connectivity index (χ0) is 19.4. The van der Waals surface area contributed by atoms with Gasteiger partial charge in [-0.05, 0) is 13.8 Å². The molecule has 0 aliphatic heterocycles. The minimum atomic E-state index is -1.11. The Morgan fingerprint density at radius 3 is 2.27 bits per heavy atom. The van der Waals surface area contributed by atoms with Crippen molar-refractivity contribution >= 4 is 29.7 Å². The molecule has 1 heterocycles. The van der Waals surface area contributed by atoms with E-state index in [1.807, 2.05) is 13.8 Å². The number of nitrogens with zero attached hydrogens (tertiary/aromatic N) is 4. The molecule has 1 aromatic heterocycles. The number of halogens is 4. The van der Waals surface area contributed by atoms with Gasteiger partial charge in [0, 0.05) is 32.3 Å². The molecule has 2 aromatic rings. The van der Waals surface area contributed by atoms with Gasteiger partial charge in [0.15, 0.2) is 0 Å². The molecule has 10 heteroatoms. The van der Waals surface area contributed by atoms with Crippen molar-refractivity contribution in [2.45, 2.75) is 19.9 Å². The molecule has 0 saturated carbocycles. The van der Waals surface area contributed by atoms with Crippen LogP contribution in [0.5, 0.6) is 0 Å². The molecule has 2 N–H and O–H groups in total. The highest BCUT2D eigenvalue weighted by atomic mass is 35.5. The van der Waals surface area contributed by atoms with Crippen molar-refractivity contribution in [1.82, 2.24) is 14.9 Å². The van der Waals surface area contributed by atoms with Crippen LogP contribution in [0.2, 0.25) is 5.15 Å². The molecule has 26 heavy (non-hydrogen) atoms. The third kappa shape index (κ3) is 4.75. The van der Waals surface area contributed by atoms with Crippen molar-refractivity contribution in [3.05, 3.63) is 34.7 Å². The van der Waals surface area contributed by atoms with E-state index in [0.717, 1.165) is 0 Å². The molecule has 0 fully saturated rings. The molecule has 6 nitrogen and oxygen atoms in total. The number of aromatic nitrogens is 2. The van der Waals surface area contributed by atoms with E-state index >= 15 is 0 Å². The van der Waals surface area contributed by atoms with E-state index < -0.39 is 23.0 Å². The van der Waals surface area contributed by atoms with E-state index in [1.54, 1.807) is 19.0 Å². The van der Waals surface area contributed by atoms with Gasteiger partial charge >= 0.3 is 0 Å². The Morgan fingerprint density at radius 2 is 1.73 bits per heavy atom. The van der Waals surface area contributed by atoms with Gasteiger partial charge in [-0.15, -0.1) is 0 Å². The largest absolute Gasteiger partial charge is 0.367 e. The lowest BCUT2D eigenvalue weighted by atomic mass is 10.1. The van der Waals surface area contributed by atoms with Gasteiger partial charge in [-0.3, -0.25) is 0 Å². The van der Waals surface area contributed by atoms with Gasteiger partial charge in [0.05, 0.1) is 11.1 Å². The van der Waals surface area contributed by atoms with E-state index in [4.69, 9.17) is 11.6 Å². The highest BCUT2D eigenvalue weighted by molar-refractivity contribution is 6.32. The van der Waals surface area contributed by atoms with Crippen LogP contribution in [0.4, 0.5) is 24.9 Å². The Kier molecular flexibility index (Phi) is 6.25. The Balaban J connectivity index is 2.58. The summed E-state index contributed by atoms with van der Waals surface area (Å²) in [5, 5.41) is 6.64. The second-order valence-electron chi connectivity index (χ2n) is 5.93. The zero-order valence-corrected chi connectivity index (χ0v) is 15.4. The summed E-state index contributed by atoms with van der Waals surface area (Å²) in [6, 6.07) is 1.02. The van der Waals surface area contributed by atoms with Gasteiger partial charge in [-0.2, -0.15) is 15.1 Å². The van der Waals surface area contributed by atoms with E-state index in [2.05, 4.69) is 25.8 Å². The highest BCUT2D eigenvalue weighted by Gasteiger charge is 2.23. The summed E-state index contributed by atoms with van der Waals surface area (Å²) in [6.07, 6.45) is 1.47. The van der Waals surface area contributed by atoms with Crippen LogP contribution in [0.15, 0.2) is 17.2 Å². The van der Waals surface area contributed by atoms with Gasteiger partial charge in [0.2, 0.25) is 5.95 Å². The smallest absolute Gasteiger partial charge is 0.246 e. The second kappa shape index (κ2) is 8.22. The molecule has 0 aliphatic rings. The quantitative estimate of drug-likeness (QED) is 0.340. The van der Waals surface area contributed by atoms with Crippen molar-refractivity contribution < 1.29 is 13.2 Å². The molecule has 0 amide bonds. The van der Waals surface area contributed by atoms with Crippen LogP contribution in [0, 0.1) is 17.5 Å². The van der Waals surface area contributed by atoms with Crippen LogP contribution >= 0.6 is 11.6 Å². The van der Waals surface area contributed by atoms with Gasteiger partial charge in [-0.1, -0.05) is 11.6 Å². The molecule has 0 spiro atoms. The van der Waals surface area contributed by atoms with Crippen molar-refractivity contribution in [1.29, 1.82) is 0 Å². The SMILES string of the molecule is CC(C)Nc1nc(NN=CN(C)C)nc(Cl)c1-c1c(F)cc(F)cc1F. The summed E-state index contributed by atoms with van der Waals surface area (Å²) in [5.74, 6) is -3.12. The summed E-state index contributed by atoms with van der Waals surface area (Å²) in [6.45, 7) is 3.63. The summed E-state index contributed by atoms with van der Waals surface area (Å²) in [4.78, 5) is 9.82. The number of hydrogen-bond acceptors (Lipinski definition) is 5. The fraction of sp³-hybridized carbons (Fsp3) is 0.312. The Labute approximate surface area is 154 Å². The van der Waals surface area contributed by atoms with Gasteiger partial charge < -0.3 is 10.2 Å². The van der Waals surface area contributed by atoms with Crippen LogP contribution in [0.25, 0.3) is 11.1 Å². The summed E-state index contributed by atoms with van der Waals surface area (Å²) in [7, 11) is 3.54. The van der Waals surface area contributed by atoms with Crippen LogP contribution < -0.4 is 10.7 Å². The Hall–Kier alpha value is -2.55. The zero-order valence-electron chi connectivity index (χ0n) is 14.6. The number of hydrogen-bond donors (Lipinski definition) is 2. The summed E-state index contributed by atoms with van der Waals surface area (Å²) >= 11 is 6.16. The topological polar surface area (TPSA) is 65.4 Å². The molecule has 2 rings (SSSR count). The van der Waals surface area contributed by atoms with Crippen LogP contribution in [0.1, 0.15) is 13.8 Å². The lowest BCUT2D eigenvalue weighted by Crippen LogP contribution is -2.15. The molecular formula is C16H18ClF3N6. The van der Waals surface area contributed by atoms with Crippen molar-refractivity contribution in [2.24, 2.45) is 5.10 Å². The maximum Gasteiger partial charge on any atom is 0.246 e. The number of nitrogens with one attached hydrogen (secondary N) is 2. The molecule has 0 saturated heterocycles. The molecule has 1 aromatic carbocycles. The van der Waals surface area contributed by atoms with E-state index in [0.29, 0.717) is 12.1 Å². The van der Waals surface area contributed by atoms with Gasteiger partial charge in [0.25, 0.3) is 0 Å². The summed E-state index contributed by atoms with van der Waals surface area (Å²) < 4.78 is 41.7. The first-order valence-electron chi connectivity index (χ1n) is 7.63. The van der Waals surface area contributed by atoms with Gasteiger partial charge in [0.1, 0.15) is 34.8 Å². The molecular weight excluding hydrogens is 369 g/mol. The van der Waals surface area contributed by atoms with E-state index in [9.17, 15) is 13.2 Å². The first-order chi connectivity index (χ1) is 12.2. The minimum Gasteiger partial charge on any atom is -0.367 e. The molecule has 0 aliphatic carbocycles.